The molecule has 2 fully saturated rings. The monoisotopic (exact) mass is 798 g/mol. The first-order valence-corrected chi connectivity index (χ1v) is 12.5. The van der Waals surface area contributed by atoms with Crippen molar-refractivity contribution in [3.05, 3.63) is 28.5 Å². The molecule has 0 spiro atoms. The van der Waals surface area contributed by atoms with Gasteiger partial charge in [-0.2, -0.15) is 4.98 Å². The zero-order valence-corrected chi connectivity index (χ0v) is 25.6. The number of ether oxygens (including phenoxy) is 3. The first-order chi connectivity index (χ1) is 17.7. The summed E-state index contributed by atoms with van der Waals surface area (Å²) in [4.78, 5) is 37.7. The van der Waals surface area contributed by atoms with Crippen LogP contribution in [0.4, 0.5) is 5.82 Å². The van der Waals surface area contributed by atoms with Crippen LogP contribution < -0.4 is 11.4 Å². The molecule has 1 aromatic rings. The van der Waals surface area contributed by atoms with Crippen molar-refractivity contribution in [1.29, 1.82) is 0 Å². The van der Waals surface area contributed by atoms with Crippen LogP contribution in [0.15, 0.2) is 17.1 Å². The van der Waals surface area contributed by atoms with Crippen LogP contribution in [-0.4, -0.2) is 114 Å². The molecular formula is C18H28AcN4O15P-. The Morgan fingerprint density at radius 1 is 1.33 bits per heavy atom. The molecule has 39 heavy (non-hydrogen) atoms. The number of anilines is 1. The number of phosphoric acid groups is 1. The molecular weight excluding hydrogens is 770 g/mol. The van der Waals surface area contributed by atoms with Crippen LogP contribution in [0.3, 0.4) is 0 Å². The molecule has 3 rings (SSSR count). The third-order valence-corrected chi connectivity index (χ3v) is 6.76. The Bertz CT molecular complexity index is 1100. The van der Waals surface area contributed by atoms with Crippen LogP contribution >= 0.6 is 7.82 Å². The smallest absolute Gasteiger partial charge is 0.475 e. The Kier molecular flexibility index (Phi) is 12.4. The molecule has 10 N–H and O–H groups in total. The summed E-state index contributed by atoms with van der Waals surface area (Å²) in [5.74, 6) is -6.60. The summed E-state index contributed by atoms with van der Waals surface area (Å²) in [6, 6.07) is 1.22. The van der Waals surface area contributed by atoms with Crippen LogP contribution in [0.1, 0.15) is 12.6 Å². The van der Waals surface area contributed by atoms with E-state index in [0.29, 0.717) is 0 Å². The van der Waals surface area contributed by atoms with Crippen molar-refractivity contribution in [2.24, 2.45) is 5.92 Å². The summed E-state index contributed by atoms with van der Waals surface area (Å²) < 4.78 is 38.4. The van der Waals surface area contributed by atoms with Crippen molar-refractivity contribution < 1.29 is 112 Å². The van der Waals surface area contributed by atoms with Gasteiger partial charge in [0.15, 0.2) is 18.8 Å². The van der Waals surface area contributed by atoms with Gasteiger partial charge in [0, 0.05) is 56.2 Å². The van der Waals surface area contributed by atoms with Crippen LogP contribution in [0.2, 0.25) is 0 Å². The van der Waals surface area contributed by atoms with Crippen LogP contribution in [0.25, 0.3) is 5.73 Å². The fourth-order valence-electron chi connectivity index (χ4n) is 3.77. The van der Waals surface area contributed by atoms with E-state index in [2.05, 4.69) is 4.98 Å². The van der Waals surface area contributed by atoms with Crippen LogP contribution in [0, 0.1) is 50.0 Å². The average molecular weight is 798 g/mol. The minimum Gasteiger partial charge on any atom is -0.677 e. The number of aromatic nitrogens is 2. The van der Waals surface area contributed by atoms with Gasteiger partial charge in [-0.05, 0) is 6.07 Å². The molecule has 10 unspecified atom stereocenters. The van der Waals surface area contributed by atoms with E-state index in [1.807, 2.05) is 0 Å². The standard InChI is InChI=1S/C18H28N4O15P.Ac/c19-4-7(8(24)5-23)15-35-11(25)3-18(36-15,16(28)29)37-38(31,32)33-6-9-12(26)13(27)14(34-9)22-2-1-10(20)21-17(22)30;/h1-2,7-9,11-15,19,23-27H,3-6H2,(H,28,29)(H,31,32)(H2,20,21,30);/q-1;. The molecule has 0 amide bonds. The largest absolute Gasteiger partial charge is 0.677 e. The van der Waals surface area contributed by atoms with E-state index >= 15 is 0 Å². The van der Waals surface area contributed by atoms with Gasteiger partial charge in [0.05, 0.1) is 25.7 Å². The molecule has 1 radical (unpaired) electrons. The van der Waals surface area contributed by atoms with E-state index in [-0.39, 0.29) is 49.9 Å². The van der Waals surface area contributed by atoms with Gasteiger partial charge in [-0.3, -0.25) is 9.09 Å². The van der Waals surface area contributed by atoms with Crippen molar-refractivity contribution in [3.63, 3.8) is 0 Å². The number of aliphatic carboxylic acids is 1. The second-order valence-corrected chi connectivity index (χ2v) is 9.78. The normalized spacial score (nSPS) is 34.0. The topological polar surface area (TPSA) is 307 Å². The van der Waals surface area contributed by atoms with E-state index in [9.17, 15) is 44.6 Å². The molecule has 0 aliphatic carbocycles. The average Bonchev–Trinajstić information content (AvgIpc) is 3.11. The molecule has 2 aliphatic heterocycles. The van der Waals surface area contributed by atoms with E-state index in [1.54, 1.807) is 0 Å². The minimum atomic E-state index is -5.41. The SMILES string of the molecule is [Ac].[NH-]CC(C(O)CO)C1OC(O)CC(OP(=O)(O)OCC2OC(n3ccc(N)nc3=O)C(O)C2O)(C(=O)O)O1. The zero-order valence-electron chi connectivity index (χ0n) is 20.0. The molecule has 21 heteroatoms. The maximum absolute atomic E-state index is 12.7. The molecule has 1 aromatic heterocycles. The zero-order chi connectivity index (χ0) is 28.4. The maximum Gasteiger partial charge on any atom is 0.475 e. The quantitative estimate of drug-likeness (QED) is 0.101. The van der Waals surface area contributed by atoms with E-state index < -0.39 is 101 Å². The molecule has 10 atom stereocenters. The Labute approximate surface area is 255 Å². The summed E-state index contributed by atoms with van der Waals surface area (Å²) >= 11 is 0. The summed E-state index contributed by atoms with van der Waals surface area (Å²) in [5.41, 5.74) is 12.0. The Balaban J connectivity index is 0.00000533. The Morgan fingerprint density at radius 2 is 2.00 bits per heavy atom. The number of hydrogen-bond donors (Lipinski definition) is 8. The summed E-state index contributed by atoms with van der Waals surface area (Å²) in [6.07, 6.45) is -11.9. The fourth-order valence-corrected chi connectivity index (χ4v) is 4.72. The molecule has 0 bridgehead atoms. The predicted octanol–water partition coefficient (Wildman–Crippen LogP) is -3.54. The van der Waals surface area contributed by atoms with Crippen molar-refractivity contribution >= 4 is 19.6 Å². The van der Waals surface area contributed by atoms with Crippen molar-refractivity contribution in [2.75, 3.05) is 25.5 Å². The van der Waals surface area contributed by atoms with E-state index in [0.717, 1.165) is 10.8 Å². The number of aliphatic hydroxyl groups is 5. The second-order valence-electron chi connectivity index (χ2n) is 8.40. The number of nitrogen functional groups attached to an aromatic ring is 1. The number of nitrogens with zero attached hydrogens (tertiary/aromatic N) is 2. The van der Waals surface area contributed by atoms with Crippen molar-refractivity contribution in [2.45, 2.75) is 55.4 Å². The van der Waals surface area contributed by atoms with Gasteiger partial charge in [0.2, 0.25) is 0 Å². The number of hydrogen-bond acceptors (Lipinski definition) is 15. The molecule has 19 nitrogen and oxygen atoms in total. The van der Waals surface area contributed by atoms with Crippen molar-refractivity contribution in [3.8, 4) is 0 Å². The summed E-state index contributed by atoms with van der Waals surface area (Å²) in [5, 5.41) is 59.3. The van der Waals surface area contributed by atoms with Gasteiger partial charge in [-0.1, -0.05) is 0 Å². The van der Waals surface area contributed by atoms with Gasteiger partial charge < -0.3 is 61.2 Å². The minimum absolute atomic E-state index is 0. The molecule has 219 valence electrons. The first-order valence-electron chi connectivity index (χ1n) is 11.0. The number of aliphatic hydroxyl groups excluding tert-OH is 5. The number of carbonyl (C=O) groups is 1. The van der Waals surface area contributed by atoms with Gasteiger partial charge in [0.1, 0.15) is 24.1 Å². The van der Waals surface area contributed by atoms with Crippen LogP contribution in [-0.2, 0) is 32.6 Å². The first kappa shape index (κ1) is 34.5. The number of carboxylic acids is 1. The second kappa shape index (κ2) is 14.0. The molecule has 2 saturated heterocycles. The van der Waals surface area contributed by atoms with Crippen LogP contribution in [0.5, 0.6) is 0 Å². The fraction of sp³-hybridized carbons (Fsp3) is 0.722. The summed E-state index contributed by atoms with van der Waals surface area (Å²) in [6.45, 7) is -2.51. The number of rotatable bonds is 11. The molecule has 2 aliphatic rings. The van der Waals surface area contributed by atoms with Gasteiger partial charge in [-0.25, -0.2) is 18.7 Å². The Hall–Kier alpha value is -0.658. The number of nitrogens with one attached hydrogen (secondary N) is 1. The van der Waals surface area contributed by atoms with E-state index in [1.165, 1.54) is 6.07 Å². The number of nitrogens with two attached hydrogens (primary N) is 1. The molecule has 0 saturated carbocycles. The van der Waals surface area contributed by atoms with E-state index in [4.69, 9.17) is 39.8 Å². The van der Waals surface area contributed by atoms with Crippen molar-refractivity contribution in [1.82, 2.24) is 9.55 Å². The number of carboxylic acid groups (broad SMARTS) is 1. The third-order valence-electron chi connectivity index (χ3n) is 5.76. The van der Waals surface area contributed by atoms with Gasteiger partial charge >= 0.3 is 19.5 Å². The predicted molar refractivity (Wildman–Crippen MR) is 118 cm³/mol. The van der Waals surface area contributed by atoms with Gasteiger partial charge in [0.25, 0.3) is 5.79 Å². The Morgan fingerprint density at radius 3 is 2.56 bits per heavy atom. The third kappa shape index (κ3) is 8.00. The molecule has 0 aromatic carbocycles. The number of phosphoric ester groups is 1. The van der Waals surface area contributed by atoms with Gasteiger partial charge in [-0.15, -0.1) is 6.54 Å². The maximum atomic E-state index is 12.7. The molecule has 3 heterocycles. The summed E-state index contributed by atoms with van der Waals surface area (Å²) in [7, 11) is -5.41.